The van der Waals surface area contributed by atoms with Gasteiger partial charge in [0.15, 0.2) is 0 Å². The van der Waals surface area contributed by atoms with Crippen molar-refractivity contribution >= 4 is 23.2 Å². The lowest BCUT2D eigenvalue weighted by Gasteiger charge is -2.05. The highest BCUT2D eigenvalue weighted by Gasteiger charge is 2.25. The van der Waals surface area contributed by atoms with Crippen molar-refractivity contribution in [2.45, 2.75) is 44.9 Å². The van der Waals surface area contributed by atoms with Crippen LogP contribution >= 0.6 is 0 Å². The van der Waals surface area contributed by atoms with E-state index >= 15 is 0 Å². The van der Waals surface area contributed by atoms with E-state index in [4.69, 9.17) is 0 Å². The summed E-state index contributed by atoms with van der Waals surface area (Å²) in [4.78, 5) is 16.0. The number of anilines is 1. The third-order valence-electron chi connectivity index (χ3n) is 5.28. The van der Waals surface area contributed by atoms with Crippen LogP contribution in [0.1, 0.15) is 53.8 Å². The highest BCUT2D eigenvalue weighted by molar-refractivity contribution is 6.34. The Hall–Kier alpha value is -2.33. The van der Waals surface area contributed by atoms with Crippen LogP contribution in [0.25, 0.3) is 11.6 Å². The number of aromatic amines is 1. The van der Waals surface area contributed by atoms with Crippen molar-refractivity contribution in [2.75, 3.05) is 11.9 Å². The third kappa shape index (κ3) is 3.02. The molecule has 0 unspecified atom stereocenters. The van der Waals surface area contributed by atoms with E-state index in [0.29, 0.717) is 0 Å². The van der Waals surface area contributed by atoms with Gasteiger partial charge in [-0.15, -0.1) is 0 Å². The van der Waals surface area contributed by atoms with Crippen LogP contribution in [-0.4, -0.2) is 22.6 Å². The zero-order valence-corrected chi connectivity index (χ0v) is 14.4. The number of amides is 1. The Morgan fingerprint density at radius 2 is 1.96 bits per heavy atom. The number of aromatic nitrogens is 1. The predicted molar refractivity (Wildman–Crippen MR) is 100 cm³/mol. The summed E-state index contributed by atoms with van der Waals surface area (Å²) >= 11 is 0. The SMILES string of the molecule is O=C1Nc2ccccc2/C1=C/c1[nH]c2c(c1CCCO)CCCCC2. The maximum absolute atomic E-state index is 12.4. The summed E-state index contributed by atoms with van der Waals surface area (Å²) in [5, 5.41) is 12.2. The highest BCUT2D eigenvalue weighted by Crippen LogP contribution is 2.35. The van der Waals surface area contributed by atoms with Crippen LogP contribution in [0.4, 0.5) is 5.69 Å². The number of benzene rings is 1. The van der Waals surface area contributed by atoms with Gasteiger partial charge in [0, 0.05) is 29.2 Å². The highest BCUT2D eigenvalue weighted by atomic mass is 16.2. The van der Waals surface area contributed by atoms with E-state index in [1.807, 2.05) is 30.3 Å². The quantitative estimate of drug-likeness (QED) is 0.589. The summed E-state index contributed by atoms with van der Waals surface area (Å²) in [7, 11) is 0. The maximum atomic E-state index is 12.4. The zero-order valence-electron chi connectivity index (χ0n) is 14.4. The molecule has 2 heterocycles. The minimum Gasteiger partial charge on any atom is -0.396 e. The van der Waals surface area contributed by atoms with E-state index in [-0.39, 0.29) is 12.5 Å². The lowest BCUT2D eigenvalue weighted by atomic mass is 9.98. The zero-order chi connectivity index (χ0) is 17.2. The molecule has 130 valence electrons. The Bertz CT molecular complexity index is 832. The average molecular weight is 336 g/mol. The van der Waals surface area contributed by atoms with Crippen LogP contribution < -0.4 is 5.32 Å². The average Bonchev–Trinajstić information content (AvgIpc) is 3.00. The molecule has 2 aliphatic rings. The van der Waals surface area contributed by atoms with Gasteiger partial charge in [0.05, 0.1) is 5.57 Å². The van der Waals surface area contributed by atoms with Gasteiger partial charge >= 0.3 is 0 Å². The number of para-hydroxylation sites is 1. The van der Waals surface area contributed by atoms with Gasteiger partial charge in [-0.25, -0.2) is 0 Å². The molecule has 25 heavy (non-hydrogen) atoms. The van der Waals surface area contributed by atoms with Gasteiger partial charge in [-0.3, -0.25) is 4.79 Å². The van der Waals surface area contributed by atoms with Gasteiger partial charge in [0.2, 0.25) is 0 Å². The van der Waals surface area contributed by atoms with Gasteiger partial charge in [-0.1, -0.05) is 24.6 Å². The fourth-order valence-electron chi connectivity index (χ4n) is 4.04. The number of fused-ring (bicyclic) bond motifs is 2. The number of aliphatic hydroxyl groups is 1. The van der Waals surface area contributed by atoms with Crippen molar-refractivity contribution in [2.24, 2.45) is 0 Å². The number of carbonyl (C=O) groups is 1. The molecule has 0 bridgehead atoms. The number of rotatable bonds is 4. The maximum Gasteiger partial charge on any atom is 0.256 e. The molecule has 4 nitrogen and oxygen atoms in total. The first-order valence-corrected chi connectivity index (χ1v) is 9.24. The van der Waals surface area contributed by atoms with Gasteiger partial charge < -0.3 is 15.4 Å². The van der Waals surface area contributed by atoms with Crippen LogP contribution in [0, 0.1) is 0 Å². The van der Waals surface area contributed by atoms with Gasteiger partial charge in [0.1, 0.15) is 0 Å². The smallest absolute Gasteiger partial charge is 0.256 e. The Morgan fingerprint density at radius 1 is 1.12 bits per heavy atom. The molecular formula is C21H24N2O2. The first kappa shape index (κ1) is 16.2. The molecule has 0 fully saturated rings. The molecular weight excluding hydrogens is 312 g/mol. The number of carbonyl (C=O) groups excluding carboxylic acids is 1. The molecule has 4 heteroatoms. The minimum atomic E-state index is -0.0425. The van der Waals surface area contributed by atoms with E-state index in [2.05, 4.69) is 10.3 Å². The lowest BCUT2D eigenvalue weighted by Crippen LogP contribution is -2.04. The molecule has 1 amide bonds. The molecule has 0 saturated heterocycles. The topological polar surface area (TPSA) is 65.1 Å². The first-order chi connectivity index (χ1) is 12.3. The summed E-state index contributed by atoms with van der Waals surface area (Å²) in [6.07, 6.45) is 9.49. The minimum absolute atomic E-state index is 0.0425. The predicted octanol–water partition coefficient (Wildman–Crippen LogP) is 3.70. The van der Waals surface area contributed by atoms with Gasteiger partial charge in [0.25, 0.3) is 5.91 Å². The standard InChI is InChI=1S/C21H24N2O2/c24-12-6-9-15-14-7-2-1-3-10-18(14)22-20(15)13-17-16-8-4-5-11-19(16)23-21(17)25/h4-5,8,11,13,22,24H,1-3,6-7,9-10,12H2,(H,23,25)/b17-13-. The fourth-order valence-corrected chi connectivity index (χ4v) is 4.04. The van der Waals surface area contributed by atoms with Crippen LogP contribution in [0.2, 0.25) is 0 Å². The Labute approximate surface area is 148 Å². The number of hydrogen-bond acceptors (Lipinski definition) is 2. The van der Waals surface area contributed by atoms with Crippen molar-refractivity contribution in [1.29, 1.82) is 0 Å². The van der Waals surface area contributed by atoms with Gasteiger partial charge in [-0.05, 0) is 61.8 Å². The lowest BCUT2D eigenvalue weighted by molar-refractivity contribution is -0.110. The summed E-state index contributed by atoms with van der Waals surface area (Å²) in [5.41, 5.74) is 7.64. The fraction of sp³-hybridized carbons (Fsp3) is 0.381. The molecule has 1 aliphatic carbocycles. The number of H-pyrrole nitrogens is 1. The monoisotopic (exact) mass is 336 g/mol. The van der Waals surface area contributed by atoms with E-state index in [0.717, 1.165) is 48.2 Å². The van der Waals surface area contributed by atoms with Crippen molar-refractivity contribution in [1.82, 2.24) is 4.98 Å². The number of aliphatic hydroxyl groups excluding tert-OH is 1. The summed E-state index contributed by atoms with van der Waals surface area (Å²) < 4.78 is 0. The van der Waals surface area contributed by atoms with E-state index in [1.54, 1.807) is 0 Å². The van der Waals surface area contributed by atoms with Crippen molar-refractivity contribution in [3.05, 3.63) is 52.3 Å². The van der Waals surface area contributed by atoms with E-state index in [9.17, 15) is 9.90 Å². The second kappa shape index (κ2) is 6.89. The number of aryl methyl sites for hydroxylation is 1. The Kier molecular flexibility index (Phi) is 4.45. The van der Waals surface area contributed by atoms with Crippen LogP contribution in [0.3, 0.4) is 0 Å². The largest absolute Gasteiger partial charge is 0.396 e. The van der Waals surface area contributed by atoms with Gasteiger partial charge in [-0.2, -0.15) is 0 Å². The molecule has 1 aliphatic heterocycles. The first-order valence-electron chi connectivity index (χ1n) is 9.24. The molecule has 0 saturated carbocycles. The molecule has 1 aromatic heterocycles. The van der Waals surface area contributed by atoms with Crippen LogP contribution in [0.5, 0.6) is 0 Å². The van der Waals surface area contributed by atoms with Crippen LogP contribution in [0.15, 0.2) is 24.3 Å². The van der Waals surface area contributed by atoms with Crippen molar-refractivity contribution < 1.29 is 9.90 Å². The second-order valence-electron chi connectivity index (χ2n) is 6.92. The van der Waals surface area contributed by atoms with Crippen molar-refractivity contribution in [3.63, 3.8) is 0 Å². The molecule has 4 rings (SSSR count). The third-order valence-corrected chi connectivity index (χ3v) is 5.28. The summed E-state index contributed by atoms with van der Waals surface area (Å²) in [6.45, 7) is 0.194. The Morgan fingerprint density at radius 3 is 2.84 bits per heavy atom. The number of hydrogen-bond donors (Lipinski definition) is 3. The molecule has 0 atom stereocenters. The molecule has 0 radical (unpaired) electrons. The second-order valence-corrected chi connectivity index (χ2v) is 6.92. The number of nitrogens with one attached hydrogen (secondary N) is 2. The summed E-state index contributed by atoms with van der Waals surface area (Å²) in [5.74, 6) is -0.0425. The molecule has 0 spiro atoms. The molecule has 1 aromatic carbocycles. The van der Waals surface area contributed by atoms with Crippen LogP contribution in [-0.2, 0) is 24.1 Å². The Balaban J connectivity index is 1.78. The van der Waals surface area contributed by atoms with E-state index in [1.165, 1.54) is 36.1 Å². The summed E-state index contributed by atoms with van der Waals surface area (Å²) in [6, 6.07) is 7.82. The molecule has 2 aromatic rings. The molecule has 3 N–H and O–H groups in total. The van der Waals surface area contributed by atoms with E-state index < -0.39 is 0 Å². The van der Waals surface area contributed by atoms with Crippen molar-refractivity contribution in [3.8, 4) is 0 Å². The normalized spacial score (nSPS) is 18.0.